The SMILES string of the molecule is Fc1cccc(F)c1CNc1cnn(CC(F)F)c1. The van der Waals surface area contributed by atoms with Crippen LogP contribution in [-0.2, 0) is 13.1 Å². The monoisotopic (exact) mass is 273 g/mol. The molecule has 0 fully saturated rings. The van der Waals surface area contributed by atoms with E-state index in [4.69, 9.17) is 0 Å². The number of nitrogens with one attached hydrogen (secondary N) is 1. The molecule has 0 aliphatic carbocycles. The van der Waals surface area contributed by atoms with Gasteiger partial charge in [0, 0.05) is 18.3 Å². The minimum absolute atomic E-state index is 0.0844. The second kappa shape index (κ2) is 5.73. The first-order valence-electron chi connectivity index (χ1n) is 5.53. The van der Waals surface area contributed by atoms with E-state index in [2.05, 4.69) is 10.4 Å². The number of rotatable bonds is 5. The predicted octanol–water partition coefficient (Wildman–Crippen LogP) is 3.04. The fraction of sp³-hybridized carbons (Fsp3) is 0.250. The Morgan fingerprint density at radius 1 is 1.21 bits per heavy atom. The van der Waals surface area contributed by atoms with Crippen molar-refractivity contribution in [3.63, 3.8) is 0 Å². The average molecular weight is 273 g/mol. The molecule has 0 aliphatic heterocycles. The molecule has 102 valence electrons. The molecule has 1 heterocycles. The van der Waals surface area contributed by atoms with Crippen LogP contribution in [0.5, 0.6) is 0 Å². The van der Waals surface area contributed by atoms with Gasteiger partial charge in [0.1, 0.15) is 18.2 Å². The van der Waals surface area contributed by atoms with Gasteiger partial charge in [0.25, 0.3) is 6.43 Å². The summed E-state index contributed by atoms with van der Waals surface area (Å²) in [6, 6.07) is 3.58. The quantitative estimate of drug-likeness (QED) is 0.849. The lowest BCUT2D eigenvalue weighted by molar-refractivity contribution is 0.122. The Hall–Kier alpha value is -2.05. The van der Waals surface area contributed by atoms with Crippen molar-refractivity contribution in [3.8, 4) is 0 Å². The van der Waals surface area contributed by atoms with Crippen LogP contribution in [0.3, 0.4) is 0 Å². The van der Waals surface area contributed by atoms with Crippen LogP contribution in [0, 0.1) is 11.6 Å². The standard InChI is InChI=1S/C12H11F4N3/c13-10-2-1-3-11(14)9(10)5-17-8-4-18-19(6-8)7-12(15)16/h1-4,6,12,17H,5,7H2. The van der Waals surface area contributed by atoms with Crippen molar-refractivity contribution >= 4 is 5.69 Å². The van der Waals surface area contributed by atoms with Crippen molar-refractivity contribution in [2.75, 3.05) is 5.32 Å². The Morgan fingerprint density at radius 2 is 1.89 bits per heavy atom. The number of nitrogens with zero attached hydrogens (tertiary/aromatic N) is 2. The van der Waals surface area contributed by atoms with E-state index in [-0.39, 0.29) is 12.1 Å². The molecular formula is C12H11F4N3. The maximum Gasteiger partial charge on any atom is 0.257 e. The number of alkyl halides is 2. The number of benzene rings is 1. The van der Waals surface area contributed by atoms with Crippen molar-refractivity contribution in [2.24, 2.45) is 0 Å². The summed E-state index contributed by atoms with van der Waals surface area (Å²) in [5, 5.41) is 6.43. The number of anilines is 1. The lowest BCUT2D eigenvalue weighted by Crippen LogP contribution is -2.07. The van der Waals surface area contributed by atoms with E-state index >= 15 is 0 Å². The molecule has 0 amide bonds. The Morgan fingerprint density at radius 3 is 2.53 bits per heavy atom. The summed E-state index contributed by atoms with van der Waals surface area (Å²) >= 11 is 0. The first kappa shape index (κ1) is 13.4. The summed E-state index contributed by atoms with van der Waals surface area (Å²) in [5.74, 6) is -1.32. The summed E-state index contributed by atoms with van der Waals surface area (Å²) in [6.45, 7) is -0.603. The molecule has 7 heteroatoms. The summed E-state index contributed by atoms with van der Waals surface area (Å²) in [4.78, 5) is 0. The van der Waals surface area contributed by atoms with Gasteiger partial charge in [-0.25, -0.2) is 17.6 Å². The minimum atomic E-state index is -2.50. The van der Waals surface area contributed by atoms with E-state index in [1.54, 1.807) is 0 Å². The van der Waals surface area contributed by atoms with Crippen LogP contribution in [0.1, 0.15) is 5.56 Å². The largest absolute Gasteiger partial charge is 0.378 e. The number of hydrogen-bond donors (Lipinski definition) is 1. The van der Waals surface area contributed by atoms with Crippen molar-refractivity contribution in [1.82, 2.24) is 9.78 Å². The molecule has 1 N–H and O–H groups in total. The normalized spacial score (nSPS) is 11.0. The fourth-order valence-electron chi connectivity index (χ4n) is 1.59. The van der Waals surface area contributed by atoms with Crippen molar-refractivity contribution in [2.45, 2.75) is 19.5 Å². The van der Waals surface area contributed by atoms with E-state index in [0.29, 0.717) is 5.69 Å². The first-order valence-corrected chi connectivity index (χ1v) is 5.53. The smallest absolute Gasteiger partial charge is 0.257 e. The van der Waals surface area contributed by atoms with Crippen molar-refractivity contribution < 1.29 is 17.6 Å². The number of halogens is 4. The van der Waals surface area contributed by atoms with Crippen molar-refractivity contribution in [1.29, 1.82) is 0 Å². The molecule has 0 saturated carbocycles. The minimum Gasteiger partial charge on any atom is -0.378 e. The van der Waals surface area contributed by atoms with E-state index in [1.807, 2.05) is 0 Å². The second-order valence-corrected chi connectivity index (χ2v) is 3.90. The topological polar surface area (TPSA) is 29.9 Å². The van der Waals surface area contributed by atoms with Crippen molar-refractivity contribution in [3.05, 3.63) is 47.8 Å². The molecule has 0 unspecified atom stereocenters. The Bertz CT molecular complexity index is 533. The molecule has 0 aliphatic rings. The molecule has 2 rings (SSSR count). The Labute approximate surface area is 106 Å². The third-order valence-electron chi connectivity index (χ3n) is 2.49. The van der Waals surface area contributed by atoms with Gasteiger partial charge in [0.05, 0.1) is 11.9 Å². The van der Waals surface area contributed by atoms with Gasteiger partial charge >= 0.3 is 0 Å². The van der Waals surface area contributed by atoms with Gasteiger partial charge < -0.3 is 5.32 Å². The highest BCUT2D eigenvalue weighted by Gasteiger charge is 2.09. The zero-order valence-electron chi connectivity index (χ0n) is 9.78. The van der Waals surface area contributed by atoms with E-state index in [0.717, 1.165) is 16.8 Å². The Balaban J connectivity index is 2.01. The first-order chi connectivity index (χ1) is 9.06. The lowest BCUT2D eigenvalue weighted by atomic mass is 10.2. The average Bonchev–Trinajstić information content (AvgIpc) is 2.75. The van der Waals surface area contributed by atoms with Gasteiger partial charge in [-0.3, -0.25) is 4.68 Å². The maximum absolute atomic E-state index is 13.3. The van der Waals surface area contributed by atoms with Gasteiger partial charge in [-0.2, -0.15) is 5.10 Å². The molecule has 19 heavy (non-hydrogen) atoms. The van der Waals surface area contributed by atoms with Gasteiger partial charge in [-0.1, -0.05) is 6.07 Å². The molecule has 2 aromatic rings. The molecule has 0 spiro atoms. The molecule has 1 aromatic heterocycles. The van der Waals surface area contributed by atoms with Crippen LogP contribution in [0.2, 0.25) is 0 Å². The molecule has 0 bridgehead atoms. The number of hydrogen-bond acceptors (Lipinski definition) is 2. The zero-order chi connectivity index (χ0) is 13.8. The lowest BCUT2D eigenvalue weighted by Gasteiger charge is -2.06. The third kappa shape index (κ3) is 3.46. The highest BCUT2D eigenvalue weighted by molar-refractivity contribution is 5.39. The summed E-state index contributed by atoms with van der Waals surface area (Å²) < 4.78 is 51.9. The van der Waals surface area contributed by atoms with Crippen LogP contribution >= 0.6 is 0 Å². The molecule has 0 saturated heterocycles. The molecule has 1 aromatic carbocycles. The number of aromatic nitrogens is 2. The molecule has 0 atom stereocenters. The van der Waals surface area contributed by atoms with E-state index in [1.165, 1.54) is 18.5 Å². The third-order valence-corrected chi connectivity index (χ3v) is 2.49. The van der Waals surface area contributed by atoms with Gasteiger partial charge in [0.2, 0.25) is 0 Å². The van der Waals surface area contributed by atoms with Crippen LogP contribution in [0.15, 0.2) is 30.6 Å². The predicted molar refractivity (Wildman–Crippen MR) is 61.9 cm³/mol. The highest BCUT2D eigenvalue weighted by Crippen LogP contribution is 2.15. The van der Waals surface area contributed by atoms with Crippen LogP contribution in [0.25, 0.3) is 0 Å². The summed E-state index contributed by atoms with van der Waals surface area (Å²) in [5.41, 5.74) is 0.312. The molecule has 0 radical (unpaired) electrons. The second-order valence-electron chi connectivity index (χ2n) is 3.90. The van der Waals surface area contributed by atoms with Crippen LogP contribution in [0.4, 0.5) is 23.2 Å². The molecular weight excluding hydrogens is 262 g/mol. The maximum atomic E-state index is 13.3. The van der Waals surface area contributed by atoms with Crippen LogP contribution < -0.4 is 5.32 Å². The van der Waals surface area contributed by atoms with Crippen LogP contribution in [-0.4, -0.2) is 16.2 Å². The summed E-state index contributed by atoms with van der Waals surface area (Å²) in [6.07, 6.45) is 0.170. The van der Waals surface area contributed by atoms with Gasteiger partial charge in [-0.05, 0) is 12.1 Å². The van der Waals surface area contributed by atoms with Gasteiger partial charge in [0.15, 0.2) is 0 Å². The van der Waals surface area contributed by atoms with E-state index in [9.17, 15) is 17.6 Å². The zero-order valence-corrected chi connectivity index (χ0v) is 9.78. The Kier molecular flexibility index (Phi) is 4.03. The molecule has 3 nitrogen and oxygen atoms in total. The highest BCUT2D eigenvalue weighted by atomic mass is 19.3. The van der Waals surface area contributed by atoms with E-state index < -0.39 is 24.6 Å². The van der Waals surface area contributed by atoms with Gasteiger partial charge in [-0.15, -0.1) is 0 Å². The fourth-order valence-corrected chi connectivity index (χ4v) is 1.59. The summed E-state index contributed by atoms with van der Waals surface area (Å²) in [7, 11) is 0.